The number of nitrogens with zero attached hydrogens (tertiary/aromatic N) is 2. The minimum absolute atomic E-state index is 0.579. The van der Waals surface area contributed by atoms with E-state index in [0.29, 0.717) is 6.04 Å². The molecule has 1 rings (SSSR count). The van der Waals surface area contributed by atoms with E-state index in [-0.39, 0.29) is 0 Å². The lowest BCUT2D eigenvalue weighted by molar-refractivity contribution is 0.386. The van der Waals surface area contributed by atoms with E-state index in [0.717, 1.165) is 25.3 Å². The van der Waals surface area contributed by atoms with Crippen LogP contribution in [0.2, 0.25) is 0 Å². The predicted octanol–water partition coefficient (Wildman–Crippen LogP) is 3.33. The van der Waals surface area contributed by atoms with Gasteiger partial charge < -0.3 is 5.32 Å². The minimum atomic E-state index is 0.579. The lowest BCUT2D eigenvalue weighted by atomic mass is 9.96. The first-order valence-electron chi connectivity index (χ1n) is 7.85. The molecule has 19 heavy (non-hydrogen) atoms. The Labute approximate surface area is 118 Å². The van der Waals surface area contributed by atoms with Gasteiger partial charge in [0.2, 0.25) is 0 Å². The van der Waals surface area contributed by atoms with Crippen LogP contribution in [0, 0.1) is 5.92 Å². The van der Waals surface area contributed by atoms with Crippen molar-refractivity contribution in [2.24, 2.45) is 13.0 Å². The van der Waals surface area contributed by atoms with E-state index in [1.54, 1.807) is 0 Å². The zero-order valence-corrected chi connectivity index (χ0v) is 13.4. The molecule has 1 N–H and O–H groups in total. The fourth-order valence-electron chi connectivity index (χ4n) is 2.43. The van der Waals surface area contributed by atoms with E-state index in [9.17, 15) is 0 Å². The Morgan fingerprint density at radius 3 is 2.58 bits per heavy atom. The molecule has 0 saturated carbocycles. The molecule has 3 nitrogen and oxygen atoms in total. The topological polar surface area (TPSA) is 29.9 Å². The van der Waals surface area contributed by atoms with Gasteiger partial charge in [-0.3, -0.25) is 4.68 Å². The van der Waals surface area contributed by atoms with Crippen LogP contribution >= 0.6 is 0 Å². The molecule has 0 aliphatic carbocycles. The van der Waals surface area contributed by atoms with E-state index in [4.69, 9.17) is 0 Å². The summed E-state index contributed by atoms with van der Waals surface area (Å²) in [4.78, 5) is 0. The number of nitrogens with one attached hydrogen (secondary N) is 1. The molecule has 0 fully saturated rings. The van der Waals surface area contributed by atoms with Gasteiger partial charge in [0.05, 0.1) is 5.69 Å². The molecule has 0 spiro atoms. The Kier molecular flexibility index (Phi) is 7.14. The fourth-order valence-corrected chi connectivity index (χ4v) is 2.43. The highest BCUT2D eigenvalue weighted by Gasteiger charge is 2.15. The number of aromatic nitrogens is 2. The van der Waals surface area contributed by atoms with E-state index in [1.807, 2.05) is 0 Å². The van der Waals surface area contributed by atoms with Crippen molar-refractivity contribution >= 4 is 0 Å². The van der Waals surface area contributed by atoms with Crippen molar-refractivity contribution in [1.29, 1.82) is 0 Å². The Hall–Kier alpha value is -0.830. The van der Waals surface area contributed by atoms with Gasteiger partial charge in [0, 0.05) is 25.2 Å². The van der Waals surface area contributed by atoms with Gasteiger partial charge in [-0.15, -0.1) is 0 Å². The lowest BCUT2D eigenvalue weighted by Gasteiger charge is -2.21. The predicted molar refractivity (Wildman–Crippen MR) is 82.4 cm³/mol. The fraction of sp³-hybridized carbons (Fsp3) is 0.812. The standard InChI is InChI=1S/C16H31N3/c1-6-9-17-15(10-13(4)7-2)12-16-11-14(8-3)18-19(16)5/h11,13,15,17H,6-10,12H2,1-5H3. The molecule has 1 heterocycles. The molecule has 0 aromatic carbocycles. The smallest absolute Gasteiger partial charge is 0.0624 e. The van der Waals surface area contributed by atoms with Crippen LogP contribution < -0.4 is 5.32 Å². The molecule has 110 valence electrons. The van der Waals surface area contributed by atoms with Gasteiger partial charge in [-0.1, -0.05) is 34.1 Å². The van der Waals surface area contributed by atoms with Crippen LogP contribution in [-0.4, -0.2) is 22.4 Å². The third kappa shape index (κ3) is 5.35. The van der Waals surface area contributed by atoms with Gasteiger partial charge in [0.25, 0.3) is 0 Å². The largest absolute Gasteiger partial charge is 0.314 e. The average Bonchev–Trinajstić information content (AvgIpc) is 2.76. The molecule has 0 aliphatic heterocycles. The van der Waals surface area contributed by atoms with Crippen molar-refractivity contribution in [3.05, 3.63) is 17.5 Å². The summed E-state index contributed by atoms with van der Waals surface area (Å²) in [5.74, 6) is 0.785. The Balaban J connectivity index is 2.66. The monoisotopic (exact) mass is 265 g/mol. The zero-order chi connectivity index (χ0) is 14.3. The molecule has 2 unspecified atom stereocenters. The Morgan fingerprint density at radius 1 is 1.32 bits per heavy atom. The molecule has 3 heteroatoms. The number of aryl methyl sites for hydroxylation is 2. The highest BCUT2D eigenvalue weighted by molar-refractivity contribution is 5.11. The molecule has 0 saturated heterocycles. The molecule has 0 bridgehead atoms. The second kappa shape index (κ2) is 8.36. The second-order valence-corrected chi connectivity index (χ2v) is 5.71. The normalized spacial score (nSPS) is 14.6. The molecule has 0 aliphatic rings. The molecule has 0 radical (unpaired) electrons. The maximum absolute atomic E-state index is 4.55. The highest BCUT2D eigenvalue weighted by atomic mass is 15.3. The van der Waals surface area contributed by atoms with Gasteiger partial charge in [-0.05, 0) is 37.8 Å². The van der Waals surface area contributed by atoms with Crippen molar-refractivity contribution in [1.82, 2.24) is 15.1 Å². The summed E-state index contributed by atoms with van der Waals surface area (Å²) in [6.45, 7) is 10.1. The van der Waals surface area contributed by atoms with E-state index in [1.165, 1.54) is 30.7 Å². The summed E-state index contributed by atoms with van der Waals surface area (Å²) in [6.07, 6.45) is 5.82. The average molecular weight is 265 g/mol. The Morgan fingerprint density at radius 2 is 2.05 bits per heavy atom. The summed E-state index contributed by atoms with van der Waals surface area (Å²) in [5, 5.41) is 8.25. The van der Waals surface area contributed by atoms with Crippen LogP contribution in [0.15, 0.2) is 6.07 Å². The SMILES string of the molecule is CCCNC(Cc1cc(CC)nn1C)CC(C)CC. The quantitative estimate of drug-likeness (QED) is 0.742. The summed E-state index contributed by atoms with van der Waals surface area (Å²) >= 11 is 0. The van der Waals surface area contributed by atoms with Crippen molar-refractivity contribution in [2.45, 2.75) is 65.8 Å². The summed E-state index contributed by atoms with van der Waals surface area (Å²) in [6, 6.07) is 2.84. The first-order chi connectivity index (χ1) is 9.10. The van der Waals surface area contributed by atoms with Crippen LogP contribution in [0.3, 0.4) is 0 Å². The maximum Gasteiger partial charge on any atom is 0.0624 e. The van der Waals surface area contributed by atoms with Crippen LogP contribution in [0.25, 0.3) is 0 Å². The zero-order valence-electron chi connectivity index (χ0n) is 13.4. The van der Waals surface area contributed by atoms with Gasteiger partial charge in [0.15, 0.2) is 0 Å². The first kappa shape index (κ1) is 16.2. The van der Waals surface area contributed by atoms with Crippen LogP contribution in [-0.2, 0) is 19.9 Å². The lowest BCUT2D eigenvalue weighted by Crippen LogP contribution is -2.34. The first-order valence-corrected chi connectivity index (χ1v) is 7.85. The van der Waals surface area contributed by atoms with Crippen LogP contribution in [0.1, 0.15) is 58.3 Å². The van der Waals surface area contributed by atoms with Gasteiger partial charge in [-0.25, -0.2) is 0 Å². The number of hydrogen-bond acceptors (Lipinski definition) is 2. The summed E-state index contributed by atoms with van der Waals surface area (Å²) < 4.78 is 2.05. The van der Waals surface area contributed by atoms with Crippen molar-refractivity contribution in [3.63, 3.8) is 0 Å². The third-order valence-corrected chi connectivity index (χ3v) is 3.91. The third-order valence-electron chi connectivity index (χ3n) is 3.91. The van der Waals surface area contributed by atoms with Crippen molar-refractivity contribution < 1.29 is 0 Å². The number of rotatable bonds is 9. The summed E-state index contributed by atoms with van der Waals surface area (Å²) in [7, 11) is 2.06. The maximum atomic E-state index is 4.55. The van der Waals surface area contributed by atoms with Crippen LogP contribution in [0.4, 0.5) is 0 Å². The second-order valence-electron chi connectivity index (χ2n) is 5.71. The van der Waals surface area contributed by atoms with Gasteiger partial charge in [0.1, 0.15) is 0 Å². The molecule has 1 aromatic rings. The molecule has 0 amide bonds. The van der Waals surface area contributed by atoms with E-state index < -0.39 is 0 Å². The summed E-state index contributed by atoms with van der Waals surface area (Å²) in [5.41, 5.74) is 2.56. The van der Waals surface area contributed by atoms with Crippen LogP contribution in [0.5, 0.6) is 0 Å². The highest BCUT2D eigenvalue weighted by Crippen LogP contribution is 2.15. The van der Waals surface area contributed by atoms with Crippen molar-refractivity contribution in [2.75, 3.05) is 6.54 Å². The van der Waals surface area contributed by atoms with Crippen molar-refractivity contribution in [3.8, 4) is 0 Å². The molecular weight excluding hydrogens is 234 g/mol. The van der Waals surface area contributed by atoms with E-state index in [2.05, 4.69) is 55.9 Å². The minimum Gasteiger partial charge on any atom is -0.314 e. The van der Waals surface area contributed by atoms with E-state index >= 15 is 0 Å². The van der Waals surface area contributed by atoms with Gasteiger partial charge in [-0.2, -0.15) is 5.10 Å². The molecular formula is C16H31N3. The number of hydrogen-bond donors (Lipinski definition) is 1. The van der Waals surface area contributed by atoms with Gasteiger partial charge >= 0.3 is 0 Å². The molecule has 1 aromatic heterocycles. The Bertz CT molecular complexity index is 357. The molecule has 2 atom stereocenters.